The number of hydrogen-bond acceptors (Lipinski definition) is 8. The lowest BCUT2D eigenvalue weighted by molar-refractivity contribution is -0.142. The van der Waals surface area contributed by atoms with Crippen LogP contribution in [0.15, 0.2) is 42.5 Å². The van der Waals surface area contributed by atoms with Gasteiger partial charge in [0, 0.05) is 41.6 Å². The molecule has 1 unspecified atom stereocenters. The predicted octanol–water partition coefficient (Wildman–Crippen LogP) is 7.12. The van der Waals surface area contributed by atoms with Crippen molar-refractivity contribution in [3.63, 3.8) is 0 Å². The molecule has 0 saturated carbocycles. The Morgan fingerprint density at radius 2 is 1.78 bits per heavy atom. The van der Waals surface area contributed by atoms with Gasteiger partial charge in [0.25, 0.3) is 5.92 Å². The number of sulfonamides is 1. The molecule has 2 N–H and O–H groups in total. The number of nitrogens with one attached hydrogen (secondary N) is 2. The van der Waals surface area contributed by atoms with Gasteiger partial charge < -0.3 is 5.32 Å². The van der Waals surface area contributed by atoms with Crippen LogP contribution in [0.25, 0.3) is 32.4 Å². The number of amides is 1. The van der Waals surface area contributed by atoms with Gasteiger partial charge in [-0.2, -0.15) is 32.1 Å². The van der Waals surface area contributed by atoms with Gasteiger partial charge in [-0.05, 0) is 49.1 Å². The Morgan fingerprint density at radius 3 is 2.44 bits per heavy atom. The van der Waals surface area contributed by atoms with Gasteiger partial charge >= 0.3 is 6.18 Å². The minimum atomic E-state index is -5.08. The number of carbonyl (C=O) groups is 1. The molecule has 0 radical (unpaired) electrons. The third kappa shape index (κ3) is 6.99. The number of alkyl halides is 5. The standard InChI is InChI=1S/C34H29F7N8O3S2/c1-15-13-33(37,38)30-26(15)29(34(39,40)41)45-49(30)14-25(50)43-23(10-17-8-18(35)11-19(36)9-17)27-22(12-24-32(44-27)42-16(2)53-24)20-6-5-7-21-28(20)48(3)46-31(21)47-54(4,51)52/h5-9,11-12,15,23H,10,13-14H2,1-4H3,(H,43,50)(H,46,47)/t15-,23?/m0/s1. The summed E-state index contributed by atoms with van der Waals surface area (Å²) in [4.78, 5) is 23.1. The molecule has 0 spiro atoms. The predicted molar refractivity (Wildman–Crippen MR) is 185 cm³/mol. The van der Waals surface area contributed by atoms with Gasteiger partial charge in [0.2, 0.25) is 15.9 Å². The third-order valence-corrected chi connectivity index (χ3v) is 10.4. The van der Waals surface area contributed by atoms with E-state index < -0.39 is 81.5 Å². The van der Waals surface area contributed by atoms with Crippen molar-refractivity contribution in [2.24, 2.45) is 7.05 Å². The summed E-state index contributed by atoms with van der Waals surface area (Å²) in [5.41, 5.74) is -1.59. The Hall–Kier alpha value is -5.11. The number of para-hydroxylation sites is 1. The first kappa shape index (κ1) is 37.2. The molecule has 284 valence electrons. The lowest BCUT2D eigenvalue weighted by atomic mass is 9.94. The molecule has 4 aromatic heterocycles. The van der Waals surface area contributed by atoms with Crippen LogP contribution in [0, 0.1) is 18.6 Å². The number of aryl methyl sites for hydroxylation is 2. The lowest BCUT2D eigenvalue weighted by Gasteiger charge is -2.23. The molecule has 1 aliphatic carbocycles. The summed E-state index contributed by atoms with van der Waals surface area (Å²) < 4.78 is 130. The molecule has 4 heterocycles. The van der Waals surface area contributed by atoms with Crippen molar-refractivity contribution in [2.75, 3.05) is 11.0 Å². The fourth-order valence-corrected chi connectivity index (χ4v) is 8.38. The van der Waals surface area contributed by atoms with E-state index in [1.54, 1.807) is 38.2 Å². The van der Waals surface area contributed by atoms with Crippen molar-refractivity contribution in [1.82, 2.24) is 34.8 Å². The van der Waals surface area contributed by atoms with Crippen molar-refractivity contribution in [3.05, 3.63) is 87.3 Å². The highest BCUT2D eigenvalue weighted by Crippen LogP contribution is 2.52. The first-order valence-corrected chi connectivity index (χ1v) is 18.9. The van der Waals surface area contributed by atoms with Crippen molar-refractivity contribution in [2.45, 2.75) is 57.3 Å². The molecule has 20 heteroatoms. The third-order valence-electron chi connectivity index (χ3n) is 8.94. The zero-order valence-electron chi connectivity index (χ0n) is 28.7. The van der Waals surface area contributed by atoms with E-state index in [0.29, 0.717) is 42.5 Å². The molecule has 11 nitrogen and oxygen atoms in total. The fourth-order valence-electron chi connectivity index (χ4n) is 7.06. The number of halogens is 7. The maximum Gasteiger partial charge on any atom is 0.435 e. The highest BCUT2D eigenvalue weighted by atomic mass is 32.2. The van der Waals surface area contributed by atoms with E-state index in [4.69, 9.17) is 4.98 Å². The van der Waals surface area contributed by atoms with E-state index in [9.17, 15) is 35.2 Å². The Bertz CT molecular complexity index is 2580. The fraction of sp³-hybridized carbons (Fsp3) is 0.324. The zero-order valence-corrected chi connectivity index (χ0v) is 30.3. The molecule has 2 aromatic carbocycles. The summed E-state index contributed by atoms with van der Waals surface area (Å²) in [6.45, 7) is 1.90. The highest BCUT2D eigenvalue weighted by Gasteiger charge is 2.53. The van der Waals surface area contributed by atoms with Crippen LogP contribution in [0.5, 0.6) is 0 Å². The van der Waals surface area contributed by atoms with E-state index >= 15 is 8.78 Å². The van der Waals surface area contributed by atoms with Gasteiger partial charge in [-0.15, -0.1) is 11.3 Å². The molecule has 0 aliphatic heterocycles. The van der Waals surface area contributed by atoms with Crippen LogP contribution < -0.4 is 10.0 Å². The number of aromatic nitrogens is 6. The summed E-state index contributed by atoms with van der Waals surface area (Å²) in [5.74, 6) is -7.78. The molecular weight excluding hydrogens is 766 g/mol. The summed E-state index contributed by atoms with van der Waals surface area (Å²) in [6, 6.07) is 8.07. The summed E-state index contributed by atoms with van der Waals surface area (Å²) in [5, 5.41) is 11.4. The van der Waals surface area contributed by atoms with E-state index in [2.05, 4.69) is 25.2 Å². The first-order valence-electron chi connectivity index (χ1n) is 16.2. The Labute approximate surface area is 306 Å². The Morgan fingerprint density at radius 1 is 1.07 bits per heavy atom. The van der Waals surface area contributed by atoms with Crippen LogP contribution in [0.2, 0.25) is 0 Å². The normalized spacial score (nSPS) is 16.2. The second-order valence-corrected chi connectivity index (χ2v) is 16.2. The van der Waals surface area contributed by atoms with Gasteiger partial charge in [0.05, 0.1) is 33.2 Å². The first-order chi connectivity index (χ1) is 25.2. The Balaban J connectivity index is 1.39. The van der Waals surface area contributed by atoms with Gasteiger partial charge in [-0.3, -0.25) is 18.9 Å². The monoisotopic (exact) mass is 794 g/mol. The van der Waals surface area contributed by atoms with E-state index in [-0.39, 0.29) is 29.1 Å². The number of carbonyl (C=O) groups excluding carboxylic acids is 1. The Kier molecular flexibility index (Phi) is 8.98. The largest absolute Gasteiger partial charge is 0.435 e. The molecule has 6 aromatic rings. The topological polar surface area (TPSA) is 137 Å². The lowest BCUT2D eigenvalue weighted by Crippen LogP contribution is -2.35. The van der Waals surface area contributed by atoms with E-state index in [0.717, 1.165) is 18.4 Å². The van der Waals surface area contributed by atoms with Crippen LogP contribution in [-0.2, 0) is 46.9 Å². The quantitative estimate of drug-likeness (QED) is 0.149. The van der Waals surface area contributed by atoms with Crippen LogP contribution in [0.1, 0.15) is 58.5 Å². The van der Waals surface area contributed by atoms with Crippen LogP contribution in [0.4, 0.5) is 36.6 Å². The smallest absolute Gasteiger partial charge is 0.346 e. The molecule has 2 atom stereocenters. The number of benzene rings is 2. The number of pyridine rings is 1. The van der Waals surface area contributed by atoms with Crippen molar-refractivity contribution in [3.8, 4) is 11.1 Å². The second-order valence-electron chi connectivity index (χ2n) is 13.2. The molecular formula is C34H29F7N8O3S2. The number of fused-ring (bicyclic) bond motifs is 3. The summed E-state index contributed by atoms with van der Waals surface area (Å²) in [6.07, 6.45) is -5.34. The molecule has 54 heavy (non-hydrogen) atoms. The minimum Gasteiger partial charge on any atom is -0.346 e. The molecule has 0 saturated heterocycles. The summed E-state index contributed by atoms with van der Waals surface area (Å²) in [7, 11) is -2.18. The zero-order chi connectivity index (χ0) is 39.1. The van der Waals surface area contributed by atoms with Crippen LogP contribution >= 0.6 is 11.3 Å². The minimum absolute atomic E-state index is 0.0252. The van der Waals surface area contributed by atoms with Crippen molar-refractivity contribution in [1.29, 1.82) is 0 Å². The molecule has 0 bridgehead atoms. The van der Waals surface area contributed by atoms with Gasteiger partial charge in [0.1, 0.15) is 23.9 Å². The van der Waals surface area contributed by atoms with Crippen molar-refractivity contribution >= 4 is 54.3 Å². The maximum atomic E-state index is 15.1. The SMILES string of the molecule is Cc1nc2nc(C(Cc3cc(F)cc(F)c3)NC(=O)Cn3nc(C(F)(F)F)c4c3C(F)(F)C[C@@H]4C)c(-c3cccc4c(NS(C)(=O)=O)nn(C)c34)cc2s1. The van der Waals surface area contributed by atoms with Crippen LogP contribution in [0.3, 0.4) is 0 Å². The highest BCUT2D eigenvalue weighted by molar-refractivity contribution is 7.92. The van der Waals surface area contributed by atoms with Gasteiger partial charge in [0.15, 0.2) is 17.2 Å². The average Bonchev–Trinajstić information content (AvgIpc) is 3.75. The summed E-state index contributed by atoms with van der Waals surface area (Å²) >= 11 is 1.29. The number of thiazole rings is 1. The molecule has 1 aliphatic rings. The molecule has 1 amide bonds. The number of anilines is 1. The van der Waals surface area contributed by atoms with Gasteiger partial charge in [-0.25, -0.2) is 27.2 Å². The average molecular weight is 795 g/mol. The molecule has 7 rings (SSSR count). The van der Waals surface area contributed by atoms with Crippen molar-refractivity contribution < 1.29 is 43.9 Å². The van der Waals surface area contributed by atoms with E-state index in [1.807, 2.05) is 0 Å². The number of nitrogens with zero attached hydrogens (tertiary/aromatic N) is 6. The number of rotatable bonds is 9. The van der Waals surface area contributed by atoms with E-state index in [1.165, 1.54) is 22.9 Å². The van der Waals surface area contributed by atoms with Gasteiger partial charge in [-0.1, -0.05) is 19.1 Å². The second kappa shape index (κ2) is 13.0. The molecule has 0 fully saturated rings. The number of hydrogen-bond donors (Lipinski definition) is 2. The van der Waals surface area contributed by atoms with Crippen LogP contribution in [-0.4, -0.2) is 50.1 Å². The maximum absolute atomic E-state index is 15.1.